The molecule has 49 heavy (non-hydrogen) atoms. The molecule has 3 aliphatic rings. The van der Waals surface area contributed by atoms with Crippen LogP contribution in [0.1, 0.15) is 25.0 Å². The summed E-state index contributed by atoms with van der Waals surface area (Å²) in [4.78, 5) is 5.12. The Balaban J connectivity index is 1.34. The molecule has 0 fully saturated rings. The van der Waals surface area contributed by atoms with Gasteiger partial charge in [-0.05, 0) is 57.1 Å². The summed E-state index contributed by atoms with van der Waals surface area (Å²) in [5.41, 5.74) is 5.34. The third-order valence-corrected chi connectivity index (χ3v) is 19.7. The number of hydrogen-bond donors (Lipinski definition) is 0. The topological polar surface area (TPSA) is 21.7 Å². The average molecular weight is 690 g/mol. The number of rotatable bonds is 3. The Bertz CT molecular complexity index is 2070. The minimum atomic E-state index is -2.09. The summed E-state index contributed by atoms with van der Waals surface area (Å²) in [5, 5.41) is 5.60. The van der Waals surface area contributed by atoms with Crippen molar-refractivity contribution in [1.29, 1.82) is 0 Å². The molecule has 6 aromatic carbocycles. The van der Waals surface area contributed by atoms with Gasteiger partial charge in [0, 0.05) is 26.3 Å². The minimum Gasteiger partial charge on any atom is -0.455 e. The van der Waals surface area contributed by atoms with Crippen LogP contribution in [0.15, 0.2) is 137 Å². The minimum absolute atomic E-state index is 0.245. The molecule has 0 radical (unpaired) electrons. The van der Waals surface area contributed by atoms with Crippen LogP contribution in [-0.2, 0) is 5.41 Å². The maximum atomic E-state index is 7.00. The SMILES string of the molecule is CC1(C)c2ccccc2Oc2c(N(c3cccc4c3Oc3ccccc3[Si]4(C)C)c3cccc4c3Sc3ccccc3[Si]4(C)C)cccc21. The third-order valence-electron chi connectivity index (χ3n) is 11.0. The highest BCUT2D eigenvalue weighted by molar-refractivity contribution is 8.00. The maximum absolute atomic E-state index is 7.00. The molecule has 0 amide bonds. The molecule has 0 aliphatic carbocycles. The summed E-state index contributed by atoms with van der Waals surface area (Å²) >= 11 is 1.90. The van der Waals surface area contributed by atoms with E-state index in [2.05, 4.69) is 172 Å². The first-order valence-electron chi connectivity index (χ1n) is 17.1. The second kappa shape index (κ2) is 10.8. The van der Waals surface area contributed by atoms with Gasteiger partial charge >= 0.3 is 0 Å². The Kier molecular flexibility index (Phi) is 6.70. The summed E-state index contributed by atoms with van der Waals surface area (Å²) in [5.74, 6) is 3.72. The van der Waals surface area contributed by atoms with Crippen LogP contribution in [0, 0.1) is 0 Å². The average Bonchev–Trinajstić information content (AvgIpc) is 3.09. The fourth-order valence-electron chi connectivity index (χ4n) is 8.27. The number of anilines is 3. The first kappa shape index (κ1) is 30.6. The maximum Gasteiger partial charge on any atom is 0.155 e. The lowest BCUT2D eigenvalue weighted by atomic mass is 9.75. The van der Waals surface area contributed by atoms with Crippen LogP contribution >= 0.6 is 11.8 Å². The van der Waals surface area contributed by atoms with E-state index in [1.54, 1.807) is 0 Å². The number of nitrogens with zero attached hydrogens (tertiary/aromatic N) is 1. The monoisotopic (exact) mass is 689 g/mol. The van der Waals surface area contributed by atoms with Crippen LogP contribution in [0.5, 0.6) is 23.0 Å². The predicted octanol–water partition coefficient (Wildman–Crippen LogP) is 9.80. The standard InChI is InChI=1S/C43H39NO2SSi2/c1-43(2)28-16-7-8-21-33(28)45-40-29(43)17-13-18-30(40)44(31-19-14-26-38-41(31)46-34-22-9-11-24-36(34)48(38,3)4)32-20-15-27-39-42(32)47-35-23-10-12-25-37(35)49(39,5)6/h7-27H,1-6H3. The van der Waals surface area contributed by atoms with Gasteiger partial charge in [0.25, 0.3) is 0 Å². The highest BCUT2D eigenvalue weighted by Crippen LogP contribution is 2.56. The van der Waals surface area contributed by atoms with E-state index in [1.807, 2.05) is 11.8 Å². The van der Waals surface area contributed by atoms with Gasteiger partial charge in [0.2, 0.25) is 0 Å². The highest BCUT2D eigenvalue weighted by atomic mass is 32.2. The van der Waals surface area contributed by atoms with Crippen molar-refractivity contribution < 1.29 is 9.47 Å². The molecule has 0 N–H and O–H groups in total. The highest BCUT2D eigenvalue weighted by Gasteiger charge is 2.42. The third kappa shape index (κ3) is 4.40. The Morgan fingerprint density at radius 3 is 1.82 bits per heavy atom. The number of benzene rings is 6. The van der Waals surface area contributed by atoms with Crippen molar-refractivity contribution in [2.45, 2.75) is 55.2 Å². The summed E-state index contributed by atoms with van der Waals surface area (Å²) in [6.07, 6.45) is 0. The van der Waals surface area contributed by atoms with E-state index in [9.17, 15) is 0 Å². The Hall–Kier alpha value is -4.50. The van der Waals surface area contributed by atoms with Crippen molar-refractivity contribution in [3.8, 4) is 23.0 Å². The van der Waals surface area contributed by atoms with Crippen molar-refractivity contribution in [2.24, 2.45) is 0 Å². The van der Waals surface area contributed by atoms with Crippen LogP contribution in [0.25, 0.3) is 0 Å². The lowest BCUT2D eigenvalue weighted by Crippen LogP contribution is -2.56. The Labute approximate surface area is 295 Å². The molecule has 0 saturated heterocycles. The first-order valence-corrected chi connectivity index (χ1v) is 23.9. The zero-order chi connectivity index (χ0) is 33.7. The predicted molar refractivity (Wildman–Crippen MR) is 210 cm³/mol. The van der Waals surface area contributed by atoms with Crippen LogP contribution in [0.4, 0.5) is 17.1 Å². The molecule has 242 valence electrons. The molecule has 0 atom stereocenters. The van der Waals surface area contributed by atoms with Crippen molar-refractivity contribution in [3.63, 3.8) is 0 Å². The smallest absolute Gasteiger partial charge is 0.155 e. The van der Waals surface area contributed by atoms with E-state index in [1.165, 1.54) is 41.7 Å². The molecule has 0 aromatic heterocycles. The summed E-state index contributed by atoms with van der Waals surface area (Å²) in [6, 6.07) is 46.4. The van der Waals surface area contributed by atoms with E-state index in [0.717, 1.165) is 40.1 Å². The first-order chi connectivity index (χ1) is 23.6. The quantitative estimate of drug-likeness (QED) is 0.173. The fourth-order valence-corrected chi connectivity index (χ4v) is 16.6. The lowest BCUT2D eigenvalue weighted by molar-refractivity contribution is 0.419. The van der Waals surface area contributed by atoms with Gasteiger partial charge in [-0.2, -0.15) is 0 Å². The molecule has 6 heteroatoms. The molecular formula is C43H39NO2SSi2. The van der Waals surface area contributed by atoms with Gasteiger partial charge in [-0.3, -0.25) is 0 Å². The second-order valence-corrected chi connectivity index (χ2v) is 24.7. The normalized spacial score (nSPS) is 16.7. The van der Waals surface area contributed by atoms with E-state index in [-0.39, 0.29) is 5.41 Å². The van der Waals surface area contributed by atoms with E-state index in [0.29, 0.717) is 0 Å². The fraction of sp³-hybridized carbons (Fsp3) is 0.163. The van der Waals surface area contributed by atoms with Crippen LogP contribution in [-0.4, -0.2) is 16.1 Å². The van der Waals surface area contributed by atoms with Crippen molar-refractivity contribution in [3.05, 3.63) is 139 Å². The largest absolute Gasteiger partial charge is 0.455 e. The molecule has 3 nitrogen and oxygen atoms in total. The zero-order valence-electron chi connectivity index (χ0n) is 28.8. The number of para-hydroxylation sites is 4. The van der Waals surface area contributed by atoms with Crippen molar-refractivity contribution >= 4 is 65.7 Å². The van der Waals surface area contributed by atoms with Gasteiger partial charge in [0.05, 0.1) is 17.1 Å². The molecule has 9 rings (SSSR count). The van der Waals surface area contributed by atoms with Gasteiger partial charge in [-0.25, -0.2) is 0 Å². The Morgan fingerprint density at radius 2 is 1.02 bits per heavy atom. The number of ether oxygens (including phenoxy) is 2. The van der Waals surface area contributed by atoms with Crippen molar-refractivity contribution in [2.75, 3.05) is 4.90 Å². The van der Waals surface area contributed by atoms with E-state index < -0.39 is 16.1 Å². The molecular weight excluding hydrogens is 651 g/mol. The zero-order valence-corrected chi connectivity index (χ0v) is 31.6. The molecule has 0 unspecified atom stereocenters. The number of hydrogen-bond acceptors (Lipinski definition) is 4. The number of fused-ring (bicyclic) bond motifs is 6. The molecule has 3 heterocycles. The molecule has 0 saturated carbocycles. The van der Waals surface area contributed by atoms with E-state index in [4.69, 9.17) is 9.47 Å². The molecule has 0 spiro atoms. The van der Waals surface area contributed by atoms with Gasteiger partial charge in [0.1, 0.15) is 27.6 Å². The van der Waals surface area contributed by atoms with Gasteiger partial charge in [0.15, 0.2) is 11.5 Å². The second-order valence-electron chi connectivity index (χ2n) is 15.0. The molecule has 0 bridgehead atoms. The van der Waals surface area contributed by atoms with Gasteiger partial charge < -0.3 is 14.4 Å². The molecule has 3 aliphatic heterocycles. The Morgan fingerprint density at radius 1 is 0.490 bits per heavy atom. The van der Waals surface area contributed by atoms with Gasteiger partial charge in [-0.1, -0.05) is 143 Å². The van der Waals surface area contributed by atoms with Crippen LogP contribution in [0.2, 0.25) is 26.2 Å². The van der Waals surface area contributed by atoms with Crippen molar-refractivity contribution in [1.82, 2.24) is 0 Å². The summed E-state index contributed by atoms with van der Waals surface area (Å²) in [7, 11) is -4.10. The lowest BCUT2D eigenvalue weighted by Gasteiger charge is -2.40. The van der Waals surface area contributed by atoms with Crippen LogP contribution < -0.4 is 35.1 Å². The summed E-state index contributed by atoms with van der Waals surface area (Å²) < 4.78 is 14.0. The van der Waals surface area contributed by atoms with Crippen LogP contribution in [0.3, 0.4) is 0 Å². The van der Waals surface area contributed by atoms with E-state index >= 15 is 0 Å². The molecule has 6 aromatic rings. The summed E-state index contributed by atoms with van der Waals surface area (Å²) in [6.45, 7) is 14.5. The van der Waals surface area contributed by atoms with Gasteiger partial charge in [-0.15, -0.1) is 0 Å².